The highest BCUT2D eigenvalue weighted by Crippen LogP contribution is 2.27. The smallest absolute Gasteiger partial charge is 0.303 e. The molecule has 1 aliphatic rings. The molecule has 0 aromatic rings. The fourth-order valence-electron chi connectivity index (χ4n) is 1.94. The van der Waals surface area contributed by atoms with Gasteiger partial charge >= 0.3 is 5.97 Å². The van der Waals surface area contributed by atoms with Crippen molar-refractivity contribution in [3.05, 3.63) is 0 Å². The summed E-state index contributed by atoms with van der Waals surface area (Å²) in [7, 11) is 0. The predicted octanol–water partition coefficient (Wildman–Crippen LogP) is 0.722. The van der Waals surface area contributed by atoms with Crippen LogP contribution in [0.2, 0.25) is 0 Å². The SMILES string of the molecule is CC(=O)O[C@H]1C(C)O[C@@H](C)C(O)C1C. The minimum Gasteiger partial charge on any atom is -0.459 e. The van der Waals surface area contributed by atoms with Gasteiger partial charge in [-0.25, -0.2) is 0 Å². The highest BCUT2D eigenvalue weighted by Gasteiger charge is 2.40. The molecule has 4 heteroatoms. The maximum absolute atomic E-state index is 10.8. The molecule has 1 N–H and O–H groups in total. The van der Waals surface area contributed by atoms with Crippen LogP contribution in [0.3, 0.4) is 0 Å². The van der Waals surface area contributed by atoms with Crippen LogP contribution in [0, 0.1) is 5.92 Å². The van der Waals surface area contributed by atoms with Crippen LogP contribution in [0.5, 0.6) is 0 Å². The van der Waals surface area contributed by atoms with E-state index < -0.39 is 6.10 Å². The first kappa shape index (κ1) is 11.5. The minimum absolute atomic E-state index is 0.0855. The molecule has 82 valence electrons. The van der Waals surface area contributed by atoms with Crippen molar-refractivity contribution in [3.8, 4) is 0 Å². The average molecular weight is 202 g/mol. The van der Waals surface area contributed by atoms with Gasteiger partial charge in [0.05, 0.1) is 18.3 Å². The molecule has 1 rings (SSSR count). The van der Waals surface area contributed by atoms with E-state index in [-0.39, 0.29) is 30.2 Å². The topological polar surface area (TPSA) is 55.8 Å². The summed E-state index contributed by atoms with van der Waals surface area (Å²) in [4.78, 5) is 10.8. The van der Waals surface area contributed by atoms with Gasteiger partial charge in [-0.15, -0.1) is 0 Å². The van der Waals surface area contributed by atoms with Crippen LogP contribution in [0.4, 0.5) is 0 Å². The Hall–Kier alpha value is -0.610. The Balaban J connectivity index is 2.68. The minimum atomic E-state index is -0.574. The number of carbonyl (C=O) groups is 1. The Morgan fingerprint density at radius 1 is 1.29 bits per heavy atom. The van der Waals surface area contributed by atoms with E-state index >= 15 is 0 Å². The lowest BCUT2D eigenvalue weighted by atomic mass is 9.88. The standard InChI is InChI=1S/C10H18O4/c1-5-9(12)6(2)13-7(3)10(5)14-8(4)11/h5-7,9-10,12H,1-4H3/t5?,6-,7?,9?,10+/m0/s1. The molecule has 1 heterocycles. The van der Waals surface area contributed by atoms with E-state index in [4.69, 9.17) is 9.47 Å². The highest BCUT2D eigenvalue weighted by molar-refractivity contribution is 5.66. The van der Waals surface area contributed by atoms with Crippen molar-refractivity contribution < 1.29 is 19.4 Å². The summed E-state index contributed by atoms with van der Waals surface area (Å²) < 4.78 is 10.6. The van der Waals surface area contributed by atoms with Gasteiger partial charge < -0.3 is 14.6 Å². The number of hydrogen-bond donors (Lipinski definition) is 1. The molecular formula is C10H18O4. The van der Waals surface area contributed by atoms with Crippen molar-refractivity contribution in [2.75, 3.05) is 0 Å². The molecule has 4 nitrogen and oxygen atoms in total. The zero-order valence-electron chi connectivity index (χ0n) is 9.06. The molecule has 5 atom stereocenters. The average Bonchev–Trinajstić information content (AvgIpc) is 2.09. The molecule has 0 radical (unpaired) electrons. The number of carbonyl (C=O) groups excluding carboxylic acids is 1. The first-order valence-corrected chi connectivity index (χ1v) is 4.94. The quantitative estimate of drug-likeness (QED) is 0.637. The number of hydrogen-bond acceptors (Lipinski definition) is 4. The Bertz CT molecular complexity index is 216. The molecule has 14 heavy (non-hydrogen) atoms. The van der Waals surface area contributed by atoms with Crippen LogP contribution in [-0.2, 0) is 14.3 Å². The fraction of sp³-hybridized carbons (Fsp3) is 0.900. The molecule has 0 aromatic heterocycles. The van der Waals surface area contributed by atoms with Gasteiger partial charge in [0.1, 0.15) is 6.10 Å². The molecule has 1 aliphatic heterocycles. The summed E-state index contributed by atoms with van der Waals surface area (Å²) in [6.45, 7) is 6.91. The molecule has 1 saturated heterocycles. The van der Waals surface area contributed by atoms with Crippen molar-refractivity contribution in [2.24, 2.45) is 5.92 Å². The normalized spacial score (nSPS) is 43.4. The van der Waals surface area contributed by atoms with Gasteiger partial charge in [0.2, 0.25) is 0 Å². The zero-order valence-corrected chi connectivity index (χ0v) is 9.06. The summed E-state index contributed by atoms with van der Waals surface area (Å²) in [5.74, 6) is -0.420. The van der Waals surface area contributed by atoms with Crippen LogP contribution in [0.1, 0.15) is 27.7 Å². The van der Waals surface area contributed by atoms with Crippen molar-refractivity contribution in [1.29, 1.82) is 0 Å². The summed E-state index contributed by atoms with van der Waals surface area (Å²) >= 11 is 0. The number of aliphatic hydroxyl groups is 1. The monoisotopic (exact) mass is 202 g/mol. The Morgan fingerprint density at radius 3 is 2.36 bits per heavy atom. The summed E-state index contributed by atoms with van der Waals surface area (Å²) in [6.07, 6.45) is -1.28. The maximum atomic E-state index is 10.8. The van der Waals surface area contributed by atoms with E-state index in [0.29, 0.717) is 0 Å². The lowest BCUT2D eigenvalue weighted by Gasteiger charge is -2.40. The van der Waals surface area contributed by atoms with Gasteiger partial charge in [-0.3, -0.25) is 4.79 Å². The molecule has 0 aromatic carbocycles. The van der Waals surface area contributed by atoms with Crippen LogP contribution in [0.15, 0.2) is 0 Å². The van der Waals surface area contributed by atoms with Gasteiger partial charge in [0, 0.05) is 12.8 Å². The molecular weight excluding hydrogens is 184 g/mol. The molecule has 0 spiro atoms. The van der Waals surface area contributed by atoms with Gasteiger partial charge in [0.15, 0.2) is 0 Å². The highest BCUT2D eigenvalue weighted by atomic mass is 16.6. The molecule has 1 fully saturated rings. The maximum Gasteiger partial charge on any atom is 0.303 e. The van der Waals surface area contributed by atoms with Crippen molar-refractivity contribution in [2.45, 2.75) is 52.1 Å². The molecule has 3 unspecified atom stereocenters. The van der Waals surface area contributed by atoms with Crippen LogP contribution < -0.4 is 0 Å². The lowest BCUT2D eigenvalue weighted by molar-refractivity contribution is -0.203. The van der Waals surface area contributed by atoms with E-state index in [1.54, 1.807) is 0 Å². The van der Waals surface area contributed by atoms with Crippen molar-refractivity contribution in [1.82, 2.24) is 0 Å². The van der Waals surface area contributed by atoms with E-state index in [1.807, 2.05) is 20.8 Å². The third-order valence-electron chi connectivity index (χ3n) is 2.73. The van der Waals surface area contributed by atoms with E-state index in [9.17, 15) is 9.90 Å². The third kappa shape index (κ3) is 2.25. The first-order chi connectivity index (χ1) is 6.43. The predicted molar refractivity (Wildman–Crippen MR) is 50.7 cm³/mol. The lowest BCUT2D eigenvalue weighted by Crippen LogP contribution is -2.52. The van der Waals surface area contributed by atoms with Crippen molar-refractivity contribution in [3.63, 3.8) is 0 Å². The summed E-state index contributed by atoms with van der Waals surface area (Å²) in [5, 5.41) is 9.73. The molecule has 0 bridgehead atoms. The van der Waals surface area contributed by atoms with Gasteiger partial charge in [0.25, 0.3) is 0 Å². The van der Waals surface area contributed by atoms with Crippen LogP contribution in [0.25, 0.3) is 0 Å². The van der Waals surface area contributed by atoms with Gasteiger partial charge in [-0.2, -0.15) is 0 Å². The Kier molecular flexibility index (Phi) is 3.50. The second-order valence-electron chi connectivity index (χ2n) is 3.97. The van der Waals surface area contributed by atoms with Crippen LogP contribution >= 0.6 is 0 Å². The summed E-state index contributed by atoms with van der Waals surface area (Å²) in [6, 6.07) is 0. The fourth-order valence-corrected chi connectivity index (χ4v) is 1.94. The van der Waals surface area contributed by atoms with Crippen molar-refractivity contribution >= 4 is 5.97 Å². The zero-order chi connectivity index (χ0) is 10.9. The van der Waals surface area contributed by atoms with Gasteiger partial charge in [-0.05, 0) is 13.8 Å². The number of aliphatic hydroxyl groups excluding tert-OH is 1. The molecule has 0 saturated carbocycles. The number of ether oxygens (including phenoxy) is 2. The third-order valence-corrected chi connectivity index (χ3v) is 2.73. The second kappa shape index (κ2) is 4.28. The second-order valence-corrected chi connectivity index (χ2v) is 3.97. The molecule has 0 amide bonds. The Morgan fingerprint density at radius 2 is 1.86 bits per heavy atom. The van der Waals surface area contributed by atoms with E-state index in [1.165, 1.54) is 6.92 Å². The Labute approximate surface area is 84.2 Å². The number of rotatable bonds is 1. The number of esters is 1. The molecule has 0 aliphatic carbocycles. The first-order valence-electron chi connectivity index (χ1n) is 4.94. The largest absolute Gasteiger partial charge is 0.459 e. The van der Waals surface area contributed by atoms with E-state index in [0.717, 1.165) is 0 Å². The van der Waals surface area contributed by atoms with E-state index in [2.05, 4.69) is 0 Å². The van der Waals surface area contributed by atoms with Gasteiger partial charge in [-0.1, -0.05) is 6.92 Å². The summed E-state index contributed by atoms with van der Waals surface area (Å²) in [5.41, 5.74) is 0. The van der Waals surface area contributed by atoms with Crippen LogP contribution in [-0.4, -0.2) is 35.5 Å².